The maximum atomic E-state index is 5.17. The van der Waals surface area contributed by atoms with Crippen LogP contribution < -0.4 is 0 Å². The molecular formula is C19H17N5S2. The Balaban J connectivity index is 1.69. The van der Waals surface area contributed by atoms with Crippen LogP contribution in [-0.4, -0.2) is 24.7 Å². The molecule has 4 rings (SSSR count). The summed E-state index contributed by atoms with van der Waals surface area (Å²) in [5.74, 6) is 1.57. The summed E-state index contributed by atoms with van der Waals surface area (Å²) in [5.41, 5.74) is 4.18. The van der Waals surface area contributed by atoms with Gasteiger partial charge in [0.25, 0.3) is 0 Å². The highest BCUT2D eigenvalue weighted by atomic mass is 32.2. The largest absolute Gasteiger partial charge is 0.332 e. The molecule has 5 nitrogen and oxygen atoms in total. The molecule has 2 aromatic carbocycles. The molecule has 0 unspecified atom stereocenters. The number of benzene rings is 2. The lowest BCUT2D eigenvalue weighted by molar-refractivity contribution is 0.837. The number of aromatic nitrogens is 5. The molecule has 2 N–H and O–H groups in total. The fourth-order valence-electron chi connectivity index (χ4n) is 2.68. The van der Waals surface area contributed by atoms with Crippen LogP contribution in [0, 0.1) is 4.77 Å². The summed E-state index contributed by atoms with van der Waals surface area (Å²) < 4.78 is 2.50. The van der Waals surface area contributed by atoms with Gasteiger partial charge in [-0.3, -0.25) is 5.10 Å². The van der Waals surface area contributed by atoms with Crippen molar-refractivity contribution in [2.45, 2.75) is 10.9 Å². The van der Waals surface area contributed by atoms with Gasteiger partial charge in [-0.25, -0.2) is 4.98 Å². The highest BCUT2D eigenvalue weighted by molar-refractivity contribution is 7.98. The maximum Gasteiger partial charge on any atom is 0.194 e. The third-order valence-electron chi connectivity index (χ3n) is 4.10. The van der Waals surface area contributed by atoms with Gasteiger partial charge in [0.05, 0.1) is 17.1 Å². The van der Waals surface area contributed by atoms with Crippen molar-refractivity contribution in [3.05, 3.63) is 71.3 Å². The minimum atomic E-state index is 0.620. The summed E-state index contributed by atoms with van der Waals surface area (Å²) in [7, 11) is 1.91. The zero-order chi connectivity index (χ0) is 17.9. The number of aromatic amines is 2. The standard InChI is InChI=1S/C19H17N5S2/c1-24-15(22-23-19(24)25)12-26-18-20-16(13-8-4-2-5-9-13)17(21-18)14-10-6-3-7-11-14/h2-11H,12H2,1H3,(H,20,21)(H,23,25). The minimum absolute atomic E-state index is 0.620. The molecule has 0 aliphatic heterocycles. The Morgan fingerprint density at radius 2 is 1.65 bits per heavy atom. The van der Waals surface area contributed by atoms with E-state index in [4.69, 9.17) is 17.2 Å². The Kier molecular flexibility index (Phi) is 4.73. The van der Waals surface area contributed by atoms with Gasteiger partial charge in [0, 0.05) is 18.2 Å². The Morgan fingerprint density at radius 1 is 1.00 bits per heavy atom. The fourth-order valence-corrected chi connectivity index (χ4v) is 3.69. The number of hydrogen-bond donors (Lipinski definition) is 2. The van der Waals surface area contributed by atoms with Crippen LogP contribution in [0.1, 0.15) is 5.82 Å². The van der Waals surface area contributed by atoms with Gasteiger partial charge in [0.15, 0.2) is 9.93 Å². The first-order valence-corrected chi connectivity index (χ1v) is 9.55. The quantitative estimate of drug-likeness (QED) is 0.385. The van der Waals surface area contributed by atoms with E-state index >= 15 is 0 Å². The number of thioether (sulfide) groups is 1. The molecule has 0 bridgehead atoms. The first kappa shape index (κ1) is 16.8. The zero-order valence-corrected chi connectivity index (χ0v) is 15.8. The van der Waals surface area contributed by atoms with E-state index in [0.29, 0.717) is 10.5 Å². The maximum absolute atomic E-state index is 5.17. The van der Waals surface area contributed by atoms with E-state index < -0.39 is 0 Å². The van der Waals surface area contributed by atoms with E-state index in [1.54, 1.807) is 11.8 Å². The third kappa shape index (κ3) is 3.36. The highest BCUT2D eigenvalue weighted by Crippen LogP contribution is 2.33. The van der Waals surface area contributed by atoms with E-state index in [-0.39, 0.29) is 0 Å². The van der Waals surface area contributed by atoms with E-state index in [9.17, 15) is 0 Å². The van der Waals surface area contributed by atoms with E-state index in [2.05, 4.69) is 39.4 Å². The molecule has 0 radical (unpaired) electrons. The fraction of sp³-hybridized carbons (Fsp3) is 0.105. The number of H-pyrrole nitrogens is 2. The molecule has 0 saturated heterocycles. The molecule has 0 spiro atoms. The molecule has 0 atom stereocenters. The van der Waals surface area contributed by atoms with Crippen LogP contribution in [0.2, 0.25) is 0 Å². The second kappa shape index (κ2) is 7.31. The van der Waals surface area contributed by atoms with E-state index in [1.165, 1.54) is 0 Å². The van der Waals surface area contributed by atoms with Crippen molar-refractivity contribution in [2.24, 2.45) is 7.05 Å². The summed E-state index contributed by atoms with van der Waals surface area (Å²) in [4.78, 5) is 8.31. The molecule has 130 valence electrons. The molecule has 7 heteroatoms. The number of rotatable bonds is 5. The van der Waals surface area contributed by atoms with Gasteiger partial charge in [0.1, 0.15) is 5.82 Å². The minimum Gasteiger partial charge on any atom is -0.332 e. The van der Waals surface area contributed by atoms with Crippen LogP contribution >= 0.6 is 24.0 Å². The van der Waals surface area contributed by atoms with Gasteiger partial charge in [-0.05, 0) is 12.2 Å². The van der Waals surface area contributed by atoms with E-state index in [1.807, 2.05) is 48.0 Å². The van der Waals surface area contributed by atoms with Crippen molar-refractivity contribution < 1.29 is 0 Å². The predicted octanol–water partition coefficient (Wildman–Crippen LogP) is 4.83. The first-order valence-electron chi connectivity index (χ1n) is 8.16. The summed E-state index contributed by atoms with van der Waals surface area (Å²) in [6.45, 7) is 0. The lowest BCUT2D eigenvalue weighted by Gasteiger charge is -2.02. The number of nitrogens with zero attached hydrogens (tertiary/aromatic N) is 3. The molecule has 26 heavy (non-hydrogen) atoms. The topological polar surface area (TPSA) is 62.3 Å². The van der Waals surface area contributed by atoms with Gasteiger partial charge in [0.2, 0.25) is 0 Å². The average molecular weight is 380 g/mol. The summed E-state index contributed by atoms with van der Waals surface area (Å²) >= 11 is 6.78. The summed E-state index contributed by atoms with van der Waals surface area (Å²) in [6, 6.07) is 20.5. The van der Waals surface area contributed by atoms with Gasteiger partial charge < -0.3 is 9.55 Å². The third-order valence-corrected chi connectivity index (χ3v) is 5.34. The molecule has 0 amide bonds. The number of hydrogen-bond acceptors (Lipinski definition) is 4. The summed E-state index contributed by atoms with van der Waals surface area (Å²) in [6.07, 6.45) is 0. The highest BCUT2D eigenvalue weighted by Gasteiger charge is 2.15. The SMILES string of the molecule is Cn1c(CSc2nc(-c3ccccc3)c(-c3ccccc3)[nH]2)n[nH]c1=S. The second-order valence-corrected chi connectivity index (χ2v) is 7.14. The lowest BCUT2D eigenvalue weighted by Crippen LogP contribution is -1.95. The number of imidazole rings is 1. The molecule has 0 saturated carbocycles. The number of nitrogens with one attached hydrogen (secondary N) is 2. The van der Waals surface area contributed by atoms with Crippen LogP contribution in [0.5, 0.6) is 0 Å². The van der Waals surface area contributed by atoms with Gasteiger partial charge in [-0.1, -0.05) is 72.4 Å². The van der Waals surface area contributed by atoms with Crippen LogP contribution in [0.4, 0.5) is 0 Å². The predicted molar refractivity (Wildman–Crippen MR) is 107 cm³/mol. The summed E-state index contributed by atoms with van der Waals surface area (Å²) in [5, 5.41) is 7.93. The first-order chi connectivity index (χ1) is 12.7. The van der Waals surface area contributed by atoms with Crippen molar-refractivity contribution in [3.63, 3.8) is 0 Å². The molecule has 0 aliphatic carbocycles. The molecule has 0 fully saturated rings. The Morgan fingerprint density at radius 3 is 2.27 bits per heavy atom. The van der Waals surface area contributed by atoms with Crippen molar-refractivity contribution in [1.82, 2.24) is 24.7 Å². The Labute approximate surface area is 160 Å². The van der Waals surface area contributed by atoms with Crippen LogP contribution in [0.25, 0.3) is 22.5 Å². The van der Waals surface area contributed by atoms with Crippen LogP contribution in [-0.2, 0) is 12.8 Å². The van der Waals surface area contributed by atoms with Crippen LogP contribution in [0.3, 0.4) is 0 Å². The van der Waals surface area contributed by atoms with Crippen LogP contribution in [0.15, 0.2) is 65.8 Å². The molecule has 2 aromatic heterocycles. The average Bonchev–Trinajstić information content (AvgIpc) is 3.26. The van der Waals surface area contributed by atoms with Gasteiger partial charge in [-0.15, -0.1) is 0 Å². The Hall–Kier alpha value is -2.64. The normalized spacial score (nSPS) is 11.0. The molecule has 2 heterocycles. The molecule has 4 aromatic rings. The van der Waals surface area contributed by atoms with Crippen molar-refractivity contribution in [3.8, 4) is 22.5 Å². The smallest absolute Gasteiger partial charge is 0.194 e. The second-order valence-electron chi connectivity index (χ2n) is 5.79. The molecular weight excluding hydrogens is 362 g/mol. The van der Waals surface area contributed by atoms with Gasteiger partial charge >= 0.3 is 0 Å². The van der Waals surface area contributed by atoms with E-state index in [0.717, 1.165) is 33.5 Å². The zero-order valence-electron chi connectivity index (χ0n) is 14.1. The molecule has 0 aliphatic rings. The van der Waals surface area contributed by atoms with Crippen molar-refractivity contribution >= 4 is 24.0 Å². The monoisotopic (exact) mass is 379 g/mol. The van der Waals surface area contributed by atoms with Gasteiger partial charge in [-0.2, -0.15) is 5.10 Å². The van der Waals surface area contributed by atoms with Crippen molar-refractivity contribution in [1.29, 1.82) is 0 Å². The lowest BCUT2D eigenvalue weighted by atomic mass is 10.1. The van der Waals surface area contributed by atoms with Crippen molar-refractivity contribution in [2.75, 3.05) is 0 Å². The Bertz CT molecular complexity index is 1010.